The van der Waals surface area contributed by atoms with Gasteiger partial charge in [0.05, 0.1) is 25.3 Å². The lowest BCUT2D eigenvalue weighted by Crippen LogP contribution is -2.24. The summed E-state index contributed by atoms with van der Waals surface area (Å²) in [5.41, 5.74) is 2.87. The zero-order valence-electron chi connectivity index (χ0n) is 14.8. The summed E-state index contributed by atoms with van der Waals surface area (Å²) in [5.74, 6) is 0.866. The highest BCUT2D eigenvalue weighted by molar-refractivity contribution is 7.15. The summed E-state index contributed by atoms with van der Waals surface area (Å²) >= 11 is 3.19. The van der Waals surface area contributed by atoms with Crippen molar-refractivity contribution in [3.63, 3.8) is 0 Å². The highest BCUT2D eigenvalue weighted by Gasteiger charge is 2.13. The number of hydrogen-bond donors (Lipinski definition) is 1. The summed E-state index contributed by atoms with van der Waals surface area (Å²) in [7, 11) is 0. The monoisotopic (exact) mass is 397 g/mol. The minimum absolute atomic E-state index is 0.0133. The molecule has 1 N–H and O–H groups in total. The van der Waals surface area contributed by atoms with E-state index in [4.69, 9.17) is 4.74 Å². The molecule has 0 atom stereocenters. The lowest BCUT2D eigenvalue weighted by molar-refractivity contribution is -0.120. The van der Waals surface area contributed by atoms with Gasteiger partial charge in [-0.25, -0.2) is 4.98 Å². The molecule has 5 nitrogen and oxygen atoms in total. The average molecular weight is 398 g/mol. The Kier molecular flexibility index (Phi) is 5.22. The van der Waals surface area contributed by atoms with Gasteiger partial charge in [-0.3, -0.25) is 9.20 Å². The van der Waals surface area contributed by atoms with Gasteiger partial charge < -0.3 is 10.1 Å². The molecule has 0 spiro atoms. The first-order chi connectivity index (χ1) is 13.2. The van der Waals surface area contributed by atoms with Crippen molar-refractivity contribution >= 4 is 33.5 Å². The van der Waals surface area contributed by atoms with E-state index >= 15 is 0 Å². The van der Waals surface area contributed by atoms with Gasteiger partial charge in [0, 0.05) is 27.7 Å². The Balaban J connectivity index is 1.47. The van der Waals surface area contributed by atoms with Crippen LogP contribution in [0.25, 0.3) is 16.2 Å². The van der Waals surface area contributed by atoms with Crippen LogP contribution in [-0.4, -0.2) is 21.9 Å². The van der Waals surface area contributed by atoms with Crippen LogP contribution in [0.1, 0.15) is 17.5 Å². The fourth-order valence-electron chi connectivity index (χ4n) is 2.81. The molecular formula is C20H19N3O2S2. The second-order valence-corrected chi connectivity index (χ2v) is 7.86. The molecule has 0 radical (unpaired) electrons. The molecule has 0 saturated carbocycles. The fourth-order valence-corrected chi connectivity index (χ4v) is 4.33. The molecule has 3 heterocycles. The van der Waals surface area contributed by atoms with Crippen LogP contribution in [0.3, 0.4) is 0 Å². The SMILES string of the molecule is CCOc1ccc(-c2cn3c(CC(=O)NCc4cccs4)csc3n2)cc1. The lowest BCUT2D eigenvalue weighted by atomic mass is 10.1. The van der Waals surface area contributed by atoms with Gasteiger partial charge in [0.2, 0.25) is 5.91 Å². The summed E-state index contributed by atoms with van der Waals surface area (Å²) in [5, 5.41) is 6.98. The Morgan fingerprint density at radius 1 is 1.22 bits per heavy atom. The Morgan fingerprint density at radius 2 is 2.07 bits per heavy atom. The number of rotatable bonds is 7. The Hall–Kier alpha value is -2.64. The lowest BCUT2D eigenvalue weighted by Gasteiger charge is -2.03. The number of fused-ring (bicyclic) bond motifs is 1. The molecule has 4 rings (SSSR count). The molecule has 0 fully saturated rings. The van der Waals surface area contributed by atoms with E-state index in [0.717, 1.165) is 32.5 Å². The van der Waals surface area contributed by atoms with Crippen LogP contribution in [0, 0.1) is 0 Å². The predicted molar refractivity (Wildman–Crippen MR) is 110 cm³/mol. The first-order valence-corrected chi connectivity index (χ1v) is 10.5. The molecule has 138 valence electrons. The summed E-state index contributed by atoms with van der Waals surface area (Å²) in [4.78, 5) is 19.0. The maximum absolute atomic E-state index is 12.3. The van der Waals surface area contributed by atoms with E-state index in [0.29, 0.717) is 19.6 Å². The van der Waals surface area contributed by atoms with Crippen molar-refractivity contribution in [2.24, 2.45) is 0 Å². The number of thiazole rings is 1. The topological polar surface area (TPSA) is 55.6 Å². The van der Waals surface area contributed by atoms with Gasteiger partial charge in [-0.15, -0.1) is 22.7 Å². The molecule has 1 amide bonds. The average Bonchev–Trinajstić information content (AvgIpc) is 3.40. The van der Waals surface area contributed by atoms with Crippen LogP contribution in [0.5, 0.6) is 5.75 Å². The molecule has 7 heteroatoms. The minimum atomic E-state index is 0.0133. The summed E-state index contributed by atoms with van der Waals surface area (Å²) < 4.78 is 7.49. The number of nitrogens with zero attached hydrogens (tertiary/aromatic N) is 2. The van der Waals surface area contributed by atoms with Crippen LogP contribution in [-0.2, 0) is 17.8 Å². The van der Waals surface area contributed by atoms with Crippen LogP contribution < -0.4 is 10.1 Å². The zero-order chi connectivity index (χ0) is 18.6. The molecule has 0 aliphatic heterocycles. The van der Waals surface area contributed by atoms with Crippen molar-refractivity contribution in [2.45, 2.75) is 19.9 Å². The number of thiophene rings is 1. The third kappa shape index (κ3) is 4.04. The molecule has 0 saturated heterocycles. The van der Waals surface area contributed by atoms with Crippen molar-refractivity contribution in [2.75, 3.05) is 6.61 Å². The largest absolute Gasteiger partial charge is 0.494 e. The molecule has 0 aliphatic carbocycles. The number of imidazole rings is 1. The predicted octanol–water partition coefficient (Wildman–Crippen LogP) is 4.38. The highest BCUT2D eigenvalue weighted by atomic mass is 32.1. The van der Waals surface area contributed by atoms with E-state index < -0.39 is 0 Å². The van der Waals surface area contributed by atoms with Gasteiger partial charge in [0.15, 0.2) is 4.96 Å². The van der Waals surface area contributed by atoms with Gasteiger partial charge >= 0.3 is 0 Å². The van der Waals surface area contributed by atoms with E-state index in [-0.39, 0.29) is 5.91 Å². The number of nitrogens with one attached hydrogen (secondary N) is 1. The number of amides is 1. The van der Waals surface area contributed by atoms with Gasteiger partial charge in [0.25, 0.3) is 0 Å². The fraction of sp³-hybridized carbons (Fsp3) is 0.200. The van der Waals surface area contributed by atoms with Crippen molar-refractivity contribution in [1.82, 2.24) is 14.7 Å². The van der Waals surface area contributed by atoms with Crippen LogP contribution in [0.2, 0.25) is 0 Å². The maximum Gasteiger partial charge on any atom is 0.226 e. The number of benzene rings is 1. The molecule has 3 aromatic heterocycles. The van der Waals surface area contributed by atoms with E-state index in [9.17, 15) is 4.79 Å². The second kappa shape index (κ2) is 7.94. The minimum Gasteiger partial charge on any atom is -0.494 e. The first-order valence-electron chi connectivity index (χ1n) is 8.70. The molecule has 4 aromatic rings. The van der Waals surface area contributed by atoms with Gasteiger partial charge in [-0.05, 0) is 42.6 Å². The van der Waals surface area contributed by atoms with Crippen LogP contribution in [0.15, 0.2) is 53.4 Å². The van der Waals surface area contributed by atoms with E-state index in [1.54, 1.807) is 22.7 Å². The maximum atomic E-state index is 12.3. The van der Waals surface area contributed by atoms with E-state index in [1.807, 2.05) is 64.7 Å². The van der Waals surface area contributed by atoms with Gasteiger partial charge in [-0.2, -0.15) is 0 Å². The molecule has 27 heavy (non-hydrogen) atoms. The molecule has 0 unspecified atom stereocenters. The van der Waals surface area contributed by atoms with Gasteiger partial charge in [-0.1, -0.05) is 6.07 Å². The Bertz CT molecular complexity index is 1030. The zero-order valence-corrected chi connectivity index (χ0v) is 16.5. The number of ether oxygens (including phenoxy) is 1. The van der Waals surface area contributed by atoms with Gasteiger partial charge in [0.1, 0.15) is 5.75 Å². The smallest absolute Gasteiger partial charge is 0.226 e. The molecule has 0 bridgehead atoms. The summed E-state index contributed by atoms with van der Waals surface area (Å²) in [6, 6.07) is 11.9. The van der Waals surface area contributed by atoms with Crippen molar-refractivity contribution in [3.05, 3.63) is 63.9 Å². The number of aromatic nitrogens is 2. The van der Waals surface area contributed by atoms with Crippen molar-refractivity contribution in [3.8, 4) is 17.0 Å². The van der Waals surface area contributed by atoms with E-state index in [1.165, 1.54) is 0 Å². The highest BCUT2D eigenvalue weighted by Crippen LogP contribution is 2.25. The van der Waals surface area contributed by atoms with Crippen LogP contribution in [0.4, 0.5) is 0 Å². The van der Waals surface area contributed by atoms with Crippen molar-refractivity contribution < 1.29 is 9.53 Å². The number of hydrogen-bond acceptors (Lipinski definition) is 5. The summed E-state index contributed by atoms with van der Waals surface area (Å²) in [6.07, 6.45) is 2.33. The number of carbonyl (C=O) groups excluding carboxylic acids is 1. The van der Waals surface area contributed by atoms with E-state index in [2.05, 4.69) is 10.3 Å². The van der Waals surface area contributed by atoms with Crippen molar-refractivity contribution in [1.29, 1.82) is 0 Å². The summed E-state index contributed by atoms with van der Waals surface area (Å²) in [6.45, 7) is 3.19. The normalized spacial score (nSPS) is 11.0. The quantitative estimate of drug-likeness (QED) is 0.503. The standard InChI is InChI=1S/C20H19N3O2S2/c1-2-25-16-7-5-14(6-8-16)18-12-23-15(13-27-20(23)22-18)10-19(24)21-11-17-4-3-9-26-17/h3-9,12-13H,2,10-11H2,1H3,(H,21,24). The third-order valence-electron chi connectivity index (χ3n) is 4.13. The second-order valence-electron chi connectivity index (χ2n) is 6.00. The number of carbonyl (C=O) groups is 1. The Labute approximate surface area is 165 Å². The molecule has 0 aliphatic rings. The first kappa shape index (κ1) is 17.8. The molecular weight excluding hydrogens is 378 g/mol. The molecule has 1 aromatic carbocycles. The third-order valence-corrected chi connectivity index (χ3v) is 5.89. The van der Waals surface area contributed by atoms with Crippen LogP contribution >= 0.6 is 22.7 Å². The Morgan fingerprint density at radius 3 is 2.81 bits per heavy atom.